The molecule has 0 aliphatic heterocycles. The molecule has 0 unspecified atom stereocenters. The van der Waals surface area contributed by atoms with E-state index in [1.54, 1.807) is 23.5 Å². The second-order valence-corrected chi connectivity index (χ2v) is 7.01. The molecule has 0 aliphatic rings. The van der Waals surface area contributed by atoms with Gasteiger partial charge in [-0.3, -0.25) is 9.20 Å². The van der Waals surface area contributed by atoms with Gasteiger partial charge in [0.15, 0.2) is 4.96 Å². The fourth-order valence-corrected chi connectivity index (χ4v) is 3.62. The molecule has 0 saturated carbocycles. The van der Waals surface area contributed by atoms with Gasteiger partial charge in [-0.2, -0.15) is 0 Å². The summed E-state index contributed by atoms with van der Waals surface area (Å²) in [6.45, 7) is 0. The number of fused-ring (bicyclic) bond motifs is 1. The standard InChI is InChI=1S/C19H13ClFN3OS/c20-15-5-2-6-16(21)14(15)10-18(25)22-13-4-1-3-12(9-13)17-11-24-7-8-26-19(24)23-17/h1-9,11H,10H2,(H,22,25). The summed E-state index contributed by atoms with van der Waals surface area (Å²) >= 11 is 7.54. The van der Waals surface area contributed by atoms with Crippen molar-refractivity contribution < 1.29 is 9.18 Å². The number of hydrogen-bond acceptors (Lipinski definition) is 3. The van der Waals surface area contributed by atoms with E-state index in [4.69, 9.17) is 11.6 Å². The molecular weight excluding hydrogens is 373 g/mol. The first kappa shape index (κ1) is 16.8. The van der Waals surface area contributed by atoms with Gasteiger partial charge >= 0.3 is 0 Å². The number of amides is 1. The fourth-order valence-electron chi connectivity index (χ4n) is 2.69. The lowest BCUT2D eigenvalue weighted by molar-refractivity contribution is -0.115. The molecule has 0 atom stereocenters. The molecule has 1 amide bonds. The molecule has 0 aliphatic carbocycles. The van der Waals surface area contributed by atoms with Crippen molar-refractivity contribution in [2.75, 3.05) is 5.32 Å². The van der Waals surface area contributed by atoms with Gasteiger partial charge in [0, 0.05) is 39.6 Å². The summed E-state index contributed by atoms with van der Waals surface area (Å²) in [4.78, 5) is 17.7. The number of nitrogens with one attached hydrogen (secondary N) is 1. The summed E-state index contributed by atoms with van der Waals surface area (Å²) in [6.07, 6.45) is 3.75. The third kappa shape index (κ3) is 3.34. The topological polar surface area (TPSA) is 46.4 Å². The SMILES string of the molecule is O=C(Cc1c(F)cccc1Cl)Nc1cccc(-c2cn3ccsc3n2)c1. The smallest absolute Gasteiger partial charge is 0.228 e. The highest BCUT2D eigenvalue weighted by Gasteiger charge is 2.13. The summed E-state index contributed by atoms with van der Waals surface area (Å²) < 4.78 is 15.8. The molecule has 4 aromatic rings. The third-order valence-electron chi connectivity index (χ3n) is 3.93. The van der Waals surface area contributed by atoms with Gasteiger partial charge in [-0.1, -0.05) is 29.8 Å². The van der Waals surface area contributed by atoms with Crippen molar-refractivity contribution in [3.63, 3.8) is 0 Å². The molecule has 2 heterocycles. The van der Waals surface area contributed by atoms with Crippen LogP contribution in [0.3, 0.4) is 0 Å². The van der Waals surface area contributed by atoms with Gasteiger partial charge in [0.05, 0.1) is 12.1 Å². The highest BCUT2D eigenvalue weighted by Crippen LogP contribution is 2.25. The van der Waals surface area contributed by atoms with Crippen LogP contribution >= 0.6 is 22.9 Å². The molecule has 130 valence electrons. The Hall–Kier alpha value is -2.70. The second kappa shape index (κ2) is 6.90. The maximum absolute atomic E-state index is 13.8. The zero-order valence-corrected chi connectivity index (χ0v) is 15.0. The van der Waals surface area contributed by atoms with Crippen molar-refractivity contribution >= 4 is 39.5 Å². The van der Waals surface area contributed by atoms with E-state index < -0.39 is 5.82 Å². The van der Waals surface area contributed by atoms with Crippen molar-refractivity contribution in [1.82, 2.24) is 9.38 Å². The van der Waals surface area contributed by atoms with Crippen molar-refractivity contribution in [1.29, 1.82) is 0 Å². The van der Waals surface area contributed by atoms with Gasteiger partial charge in [-0.25, -0.2) is 9.37 Å². The van der Waals surface area contributed by atoms with Gasteiger partial charge in [0.25, 0.3) is 0 Å². The summed E-state index contributed by atoms with van der Waals surface area (Å²) in [5.41, 5.74) is 2.53. The summed E-state index contributed by atoms with van der Waals surface area (Å²) in [5.74, 6) is -0.820. The van der Waals surface area contributed by atoms with E-state index in [1.165, 1.54) is 12.1 Å². The van der Waals surface area contributed by atoms with Gasteiger partial charge in [-0.05, 0) is 24.3 Å². The highest BCUT2D eigenvalue weighted by atomic mass is 35.5. The summed E-state index contributed by atoms with van der Waals surface area (Å²) in [6, 6.07) is 11.8. The molecule has 0 fully saturated rings. The van der Waals surface area contributed by atoms with Gasteiger partial charge < -0.3 is 5.32 Å². The predicted octanol–water partition coefficient (Wildman–Crippen LogP) is 5.04. The quantitative estimate of drug-likeness (QED) is 0.535. The first-order chi connectivity index (χ1) is 12.6. The summed E-state index contributed by atoms with van der Waals surface area (Å²) in [7, 11) is 0. The second-order valence-electron chi connectivity index (χ2n) is 5.72. The largest absolute Gasteiger partial charge is 0.326 e. The predicted molar refractivity (Wildman–Crippen MR) is 102 cm³/mol. The van der Waals surface area contributed by atoms with E-state index in [-0.39, 0.29) is 22.9 Å². The van der Waals surface area contributed by atoms with Crippen LogP contribution in [0.5, 0.6) is 0 Å². The Morgan fingerprint density at radius 1 is 1.27 bits per heavy atom. The normalized spacial score (nSPS) is 11.0. The highest BCUT2D eigenvalue weighted by molar-refractivity contribution is 7.15. The van der Waals surface area contributed by atoms with Crippen LogP contribution in [0.15, 0.2) is 60.2 Å². The van der Waals surface area contributed by atoms with Crippen LogP contribution < -0.4 is 5.32 Å². The van der Waals surface area contributed by atoms with Crippen LogP contribution in [0.1, 0.15) is 5.56 Å². The zero-order valence-electron chi connectivity index (χ0n) is 13.4. The lowest BCUT2D eigenvalue weighted by Crippen LogP contribution is -2.15. The Bertz CT molecular complexity index is 1060. The van der Waals surface area contributed by atoms with Crippen LogP contribution in [0, 0.1) is 5.82 Å². The number of carbonyl (C=O) groups excluding carboxylic acids is 1. The average Bonchev–Trinajstić information content (AvgIpc) is 3.20. The van der Waals surface area contributed by atoms with E-state index in [0.717, 1.165) is 16.2 Å². The van der Waals surface area contributed by atoms with E-state index >= 15 is 0 Å². The molecule has 4 nitrogen and oxygen atoms in total. The number of benzene rings is 2. The number of aromatic nitrogens is 2. The van der Waals surface area contributed by atoms with E-state index in [1.807, 2.05) is 40.4 Å². The Kier molecular flexibility index (Phi) is 4.44. The number of nitrogens with zero attached hydrogens (tertiary/aromatic N) is 2. The van der Waals surface area contributed by atoms with E-state index in [9.17, 15) is 9.18 Å². The maximum Gasteiger partial charge on any atom is 0.228 e. The molecule has 0 spiro atoms. The van der Waals surface area contributed by atoms with Gasteiger partial charge in [0.2, 0.25) is 5.91 Å². The minimum absolute atomic E-state index is 0.129. The van der Waals surface area contributed by atoms with Gasteiger partial charge in [0.1, 0.15) is 5.82 Å². The molecule has 4 rings (SSSR count). The number of imidazole rings is 1. The van der Waals surface area contributed by atoms with Crippen LogP contribution in [0.4, 0.5) is 10.1 Å². The number of thiazole rings is 1. The molecule has 0 radical (unpaired) electrons. The van der Waals surface area contributed by atoms with Crippen LogP contribution in [-0.2, 0) is 11.2 Å². The van der Waals surface area contributed by atoms with Crippen molar-refractivity contribution in [2.24, 2.45) is 0 Å². The number of anilines is 1. The Morgan fingerprint density at radius 2 is 2.12 bits per heavy atom. The lowest BCUT2D eigenvalue weighted by Gasteiger charge is -2.08. The number of carbonyl (C=O) groups is 1. The molecule has 26 heavy (non-hydrogen) atoms. The number of rotatable bonds is 4. The monoisotopic (exact) mass is 385 g/mol. The molecule has 0 bridgehead atoms. The minimum atomic E-state index is -0.487. The molecule has 2 aromatic heterocycles. The van der Waals surface area contributed by atoms with Crippen LogP contribution in [0.25, 0.3) is 16.2 Å². The molecule has 1 N–H and O–H groups in total. The first-order valence-corrected chi connectivity index (χ1v) is 9.11. The van der Waals surface area contributed by atoms with Crippen molar-refractivity contribution in [2.45, 2.75) is 6.42 Å². The van der Waals surface area contributed by atoms with E-state index in [0.29, 0.717) is 5.69 Å². The Labute approximate surface area is 157 Å². The molecular formula is C19H13ClFN3OS. The van der Waals surface area contributed by atoms with E-state index in [2.05, 4.69) is 10.3 Å². The number of hydrogen-bond donors (Lipinski definition) is 1. The van der Waals surface area contributed by atoms with Crippen LogP contribution in [0.2, 0.25) is 5.02 Å². The molecule has 2 aromatic carbocycles. The van der Waals surface area contributed by atoms with Crippen LogP contribution in [-0.4, -0.2) is 15.3 Å². The Balaban J connectivity index is 1.53. The van der Waals surface area contributed by atoms with Gasteiger partial charge in [-0.15, -0.1) is 11.3 Å². The fraction of sp³-hybridized carbons (Fsp3) is 0.0526. The van der Waals surface area contributed by atoms with Crippen molar-refractivity contribution in [3.8, 4) is 11.3 Å². The molecule has 7 heteroatoms. The number of halogens is 2. The first-order valence-electron chi connectivity index (χ1n) is 7.85. The average molecular weight is 386 g/mol. The lowest BCUT2D eigenvalue weighted by atomic mass is 10.1. The summed E-state index contributed by atoms with van der Waals surface area (Å²) in [5, 5.41) is 5.00. The third-order valence-corrected chi connectivity index (χ3v) is 5.06. The minimum Gasteiger partial charge on any atom is -0.326 e. The molecule has 0 saturated heterocycles. The Morgan fingerprint density at radius 3 is 2.92 bits per heavy atom. The zero-order chi connectivity index (χ0) is 18.1. The maximum atomic E-state index is 13.8. The van der Waals surface area contributed by atoms with Crippen molar-refractivity contribution in [3.05, 3.63) is 76.6 Å².